The molecule has 3 rings (SSSR count). The fourth-order valence-corrected chi connectivity index (χ4v) is 3.40. The van der Waals surface area contributed by atoms with Crippen LogP contribution in [-0.4, -0.2) is 11.7 Å². The summed E-state index contributed by atoms with van der Waals surface area (Å²) in [5.41, 5.74) is 4.81. The maximum atomic E-state index is 9.67. The second-order valence-electron chi connectivity index (χ2n) is 5.27. The Morgan fingerprint density at radius 3 is 2.70 bits per heavy atom. The maximum Gasteiger partial charge on any atom is 0.0762 e. The van der Waals surface area contributed by atoms with Crippen molar-refractivity contribution in [2.24, 2.45) is 0 Å². The molecule has 0 saturated carbocycles. The molecule has 3 heteroatoms. The number of hydrogen-bond donors (Lipinski definition) is 1. The zero-order valence-corrected chi connectivity index (χ0v) is 13.1. The molecule has 20 heavy (non-hydrogen) atoms. The summed E-state index contributed by atoms with van der Waals surface area (Å²) in [6.45, 7) is 2.82. The van der Waals surface area contributed by atoms with Crippen LogP contribution in [0.4, 0.5) is 11.4 Å². The molecule has 0 bridgehead atoms. The molecular formula is C17H18BrNO. The summed E-state index contributed by atoms with van der Waals surface area (Å²) in [6.07, 6.45) is 1.88. The zero-order valence-electron chi connectivity index (χ0n) is 11.5. The van der Waals surface area contributed by atoms with E-state index in [4.69, 9.17) is 0 Å². The van der Waals surface area contributed by atoms with Gasteiger partial charge in [0.25, 0.3) is 0 Å². The monoisotopic (exact) mass is 331 g/mol. The summed E-state index contributed by atoms with van der Waals surface area (Å²) in [6, 6.07) is 14.7. The van der Waals surface area contributed by atoms with E-state index < -0.39 is 6.10 Å². The van der Waals surface area contributed by atoms with Gasteiger partial charge in [-0.1, -0.05) is 24.3 Å². The summed E-state index contributed by atoms with van der Waals surface area (Å²) >= 11 is 3.65. The van der Waals surface area contributed by atoms with E-state index in [2.05, 4.69) is 51.2 Å². The fraction of sp³-hybridized carbons (Fsp3) is 0.294. The molecule has 0 aliphatic carbocycles. The molecule has 1 atom stereocenters. The predicted molar refractivity (Wildman–Crippen MR) is 86.5 cm³/mol. The highest BCUT2D eigenvalue weighted by atomic mass is 79.9. The van der Waals surface area contributed by atoms with Crippen LogP contribution in [0.5, 0.6) is 0 Å². The lowest BCUT2D eigenvalue weighted by Gasteiger charge is -2.32. The zero-order chi connectivity index (χ0) is 14.1. The number of para-hydroxylation sites is 1. The van der Waals surface area contributed by atoms with Gasteiger partial charge in [-0.05, 0) is 65.0 Å². The van der Waals surface area contributed by atoms with Gasteiger partial charge >= 0.3 is 0 Å². The topological polar surface area (TPSA) is 23.5 Å². The van der Waals surface area contributed by atoms with Gasteiger partial charge in [-0.2, -0.15) is 0 Å². The molecule has 1 aliphatic heterocycles. The van der Waals surface area contributed by atoms with Gasteiger partial charge in [0, 0.05) is 16.7 Å². The van der Waals surface area contributed by atoms with Crippen molar-refractivity contribution in [2.75, 3.05) is 11.4 Å². The molecule has 0 spiro atoms. The first kappa shape index (κ1) is 13.7. The third kappa shape index (κ3) is 2.48. The lowest BCUT2D eigenvalue weighted by molar-refractivity contribution is 0.199. The molecule has 104 valence electrons. The minimum Gasteiger partial charge on any atom is -0.389 e. The lowest BCUT2D eigenvalue weighted by atomic mass is 10.0. The van der Waals surface area contributed by atoms with Crippen molar-refractivity contribution < 1.29 is 5.11 Å². The Morgan fingerprint density at radius 1 is 1.15 bits per heavy atom. The average molecular weight is 332 g/mol. The first-order chi connectivity index (χ1) is 9.66. The van der Waals surface area contributed by atoms with E-state index in [-0.39, 0.29) is 0 Å². The number of halogens is 1. The number of benzene rings is 2. The van der Waals surface area contributed by atoms with E-state index in [0.29, 0.717) is 0 Å². The summed E-state index contributed by atoms with van der Waals surface area (Å²) < 4.78 is 1.03. The second-order valence-corrected chi connectivity index (χ2v) is 6.13. The molecule has 0 fully saturated rings. The summed E-state index contributed by atoms with van der Waals surface area (Å²) in [5.74, 6) is 0. The van der Waals surface area contributed by atoms with Crippen molar-refractivity contribution in [1.82, 2.24) is 0 Å². The van der Waals surface area contributed by atoms with Crippen LogP contribution >= 0.6 is 15.9 Å². The average Bonchev–Trinajstić information content (AvgIpc) is 2.46. The van der Waals surface area contributed by atoms with Crippen LogP contribution in [0, 0.1) is 0 Å². The van der Waals surface area contributed by atoms with Crippen molar-refractivity contribution >= 4 is 27.3 Å². The molecule has 0 amide bonds. The van der Waals surface area contributed by atoms with Gasteiger partial charge in [0.2, 0.25) is 0 Å². The largest absolute Gasteiger partial charge is 0.389 e. The highest BCUT2D eigenvalue weighted by Gasteiger charge is 2.19. The smallest absolute Gasteiger partial charge is 0.0762 e. The Morgan fingerprint density at radius 2 is 1.95 bits per heavy atom. The molecular weight excluding hydrogens is 314 g/mol. The van der Waals surface area contributed by atoms with Crippen molar-refractivity contribution in [3.8, 4) is 0 Å². The normalized spacial score (nSPS) is 15.8. The number of anilines is 2. The van der Waals surface area contributed by atoms with Crippen molar-refractivity contribution in [3.05, 3.63) is 58.1 Å². The van der Waals surface area contributed by atoms with Crippen LogP contribution in [0.25, 0.3) is 0 Å². The number of aliphatic hydroxyl groups is 1. The van der Waals surface area contributed by atoms with E-state index >= 15 is 0 Å². The van der Waals surface area contributed by atoms with Crippen LogP contribution in [0.3, 0.4) is 0 Å². The minimum absolute atomic E-state index is 0.436. The molecule has 2 nitrogen and oxygen atoms in total. The third-order valence-electron chi connectivity index (χ3n) is 3.86. The van der Waals surface area contributed by atoms with E-state index in [0.717, 1.165) is 23.0 Å². The molecule has 1 heterocycles. The second kappa shape index (κ2) is 5.58. The van der Waals surface area contributed by atoms with Gasteiger partial charge in [0.1, 0.15) is 0 Å². The molecule has 1 aliphatic rings. The highest BCUT2D eigenvalue weighted by molar-refractivity contribution is 9.10. The molecule has 0 radical (unpaired) electrons. The highest BCUT2D eigenvalue weighted by Crippen LogP contribution is 2.38. The molecule has 2 aromatic carbocycles. The first-order valence-corrected chi connectivity index (χ1v) is 7.79. The third-order valence-corrected chi connectivity index (χ3v) is 4.49. The Balaban J connectivity index is 2.02. The number of aliphatic hydroxyl groups excluding tert-OH is 1. The Bertz CT molecular complexity index is 624. The maximum absolute atomic E-state index is 9.67. The Hall–Kier alpha value is -1.32. The first-order valence-electron chi connectivity index (χ1n) is 7.00. The lowest BCUT2D eigenvalue weighted by Crippen LogP contribution is -2.24. The standard InChI is InChI=1S/C17H18BrNO/c1-12(20)14-8-9-17(15(18)11-14)19-10-4-6-13-5-2-3-7-16(13)19/h2-3,5,7-9,11-12,20H,4,6,10H2,1H3. The number of nitrogens with zero attached hydrogens (tertiary/aromatic N) is 1. The Labute approximate surface area is 128 Å². The summed E-state index contributed by atoms with van der Waals surface area (Å²) in [5, 5.41) is 9.67. The molecule has 0 saturated heterocycles. The van der Waals surface area contributed by atoms with E-state index in [1.165, 1.54) is 23.4 Å². The molecule has 1 N–H and O–H groups in total. The van der Waals surface area contributed by atoms with Gasteiger partial charge < -0.3 is 10.0 Å². The van der Waals surface area contributed by atoms with Crippen molar-refractivity contribution in [3.63, 3.8) is 0 Å². The number of aryl methyl sites for hydroxylation is 1. The van der Waals surface area contributed by atoms with E-state index in [1.54, 1.807) is 6.92 Å². The van der Waals surface area contributed by atoms with E-state index in [1.807, 2.05) is 12.1 Å². The predicted octanol–water partition coefficient (Wildman–Crippen LogP) is 4.59. The molecule has 0 aromatic heterocycles. The SMILES string of the molecule is CC(O)c1ccc(N2CCCc3ccccc32)c(Br)c1. The number of hydrogen-bond acceptors (Lipinski definition) is 2. The van der Waals surface area contributed by atoms with Crippen LogP contribution in [-0.2, 0) is 6.42 Å². The minimum atomic E-state index is -0.436. The van der Waals surface area contributed by atoms with Crippen LogP contribution < -0.4 is 4.90 Å². The van der Waals surface area contributed by atoms with Gasteiger partial charge in [-0.15, -0.1) is 0 Å². The molecule has 1 unspecified atom stereocenters. The molecule has 2 aromatic rings. The van der Waals surface area contributed by atoms with E-state index in [9.17, 15) is 5.11 Å². The van der Waals surface area contributed by atoms with Crippen LogP contribution in [0.2, 0.25) is 0 Å². The van der Waals surface area contributed by atoms with Crippen LogP contribution in [0.1, 0.15) is 30.6 Å². The van der Waals surface area contributed by atoms with Gasteiger partial charge in [0.15, 0.2) is 0 Å². The van der Waals surface area contributed by atoms with Gasteiger partial charge in [0.05, 0.1) is 11.8 Å². The van der Waals surface area contributed by atoms with Crippen molar-refractivity contribution in [2.45, 2.75) is 25.9 Å². The van der Waals surface area contributed by atoms with Gasteiger partial charge in [-0.3, -0.25) is 0 Å². The van der Waals surface area contributed by atoms with Crippen LogP contribution in [0.15, 0.2) is 46.9 Å². The quantitative estimate of drug-likeness (QED) is 0.870. The van der Waals surface area contributed by atoms with Gasteiger partial charge in [-0.25, -0.2) is 0 Å². The number of rotatable bonds is 2. The summed E-state index contributed by atoms with van der Waals surface area (Å²) in [4.78, 5) is 2.36. The Kier molecular flexibility index (Phi) is 3.81. The summed E-state index contributed by atoms with van der Waals surface area (Å²) in [7, 11) is 0. The number of fused-ring (bicyclic) bond motifs is 1. The fourth-order valence-electron chi connectivity index (χ4n) is 2.79. The van der Waals surface area contributed by atoms with Crippen molar-refractivity contribution in [1.29, 1.82) is 0 Å².